The highest BCUT2D eigenvalue weighted by Gasteiger charge is 2.22. The van der Waals surface area contributed by atoms with Crippen LogP contribution >= 0.6 is 11.3 Å². The van der Waals surface area contributed by atoms with Crippen molar-refractivity contribution in [3.8, 4) is 5.69 Å². The van der Waals surface area contributed by atoms with E-state index >= 15 is 0 Å². The van der Waals surface area contributed by atoms with Crippen LogP contribution in [0.2, 0.25) is 0 Å². The van der Waals surface area contributed by atoms with Gasteiger partial charge in [0.1, 0.15) is 0 Å². The first-order valence-corrected chi connectivity index (χ1v) is 10.5. The van der Waals surface area contributed by atoms with Gasteiger partial charge in [-0.25, -0.2) is 10.4 Å². The van der Waals surface area contributed by atoms with Crippen LogP contribution in [0.4, 0.5) is 0 Å². The smallest absolute Gasteiger partial charge is 0.281 e. The summed E-state index contributed by atoms with van der Waals surface area (Å²) in [6.45, 7) is 4.15. The van der Waals surface area contributed by atoms with Gasteiger partial charge in [0.25, 0.3) is 5.91 Å². The first kappa shape index (κ1) is 18.6. The average molecular weight is 393 g/mol. The van der Waals surface area contributed by atoms with Gasteiger partial charge in [-0.15, -0.1) is 11.3 Å². The molecule has 2 heterocycles. The maximum absolute atomic E-state index is 12.5. The molecule has 1 amide bonds. The molecule has 0 spiro atoms. The van der Waals surface area contributed by atoms with Gasteiger partial charge in [-0.2, -0.15) is 5.10 Å². The van der Waals surface area contributed by atoms with Crippen molar-refractivity contribution >= 4 is 23.0 Å². The summed E-state index contributed by atoms with van der Waals surface area (Å²) in [4.78, 5) is 18.7. The van der Waals surface area contributed by atoms with E-state index in [1.54, 1.807) is 23.9 Å². The summed E-state index contributed by atoms with van der Waals surface area (Å²) in [5, 5.41) is 4.31. The lowest BCUT2D eigenvalue weighted by Gasteiger charge is -2.19. The second-order valence-electron chi connectivity index (χ2n) is 7.23. The van der Waals surface area contributed by atoms with E-state index < -0.39 is 0 Å². The third-order valence-electron chi connectivity index (χ3n) is 5.40. The molecular formula is C22H24N4OS. The summed E-state index contributed by atoms with van der Waals surface area (Å²) in [6, 6.07) is 10.1. The van der Waals surface area contributed by atoms with Crippen LogP contribution in [0, 0.1) is 5.92 Å². The zero-order valence-electron chi connectivity index (χ0n) is 16.2. The van der Waals surface area contributed by atoms with E-state index in [9.17, 15) is 4.79 Å². The number of imidazole rings is 1. The van der Waals surface area contributed by atoms with Gasteiger partial charge in [-0.05, 0) is 61.4 Å². The molecule has 0 saturated heterocycles. The van der Waals surface area contributed by atoms with Crippen molar-refractivity contribution in [3.63, 3.8) is 0 Å². The molecule has 0 unspecified atom stereocenters. The highest BCUT2D eigenvalue weighted by molar-refractivity contribution is 7.14. The van der Waals surface area contributed by atoms with Crippen molar-refractivity contribution in [3.05, 3.63) is 69.9 Å². The largest absolute Gasteiger partial charge is 0.306 e. The number of carbonyl (C=O) groups is 1. The molecule has 0 radical (unpaired) electrons. The standard InChI is InChI=1S/C22H24N4OS/c1-3-16-4-9-20-18(12-16)13-21(28-20)22(27)25-24-15(2)17-5-7-19(8-6-17)26-11-10-23-14-26/h5-8,10-11,13-14,16H,3-4,9,12H2,1-2H3,(H,25,27)/b24-15-/t16-/m0/s1. The van der Waals surface area contributed by atoms with E-state index in [1.165, 1.54) is 23.3 Å². The SMILES string of the molecule is CC[C@H]1CCc2sc(C(=O)N/N=C(/C)c3ccc(-n4ccnc4)cc3)cc2C1. The lowest BCUT2D eigenvalue weighted by Crippen LogP contribution is -2.18. The molecule has 1 N–H and O–H groups in total. The minimum absolute atomic E-state index is 0.123. The number of nitrogens with one attached hydrogen (secondary N) is 1. The monoisotopic (exact) mass is 392 g/mol. The highest BCUT2D eigenvalue weighted by atomic mass is 32.1. The van der Waals surface area contributed by atoms with Gasteiger partial charge < -0.3 is 4.57 Å². The van der Waals surface area contributed by atoms with Crippen molar-refractivity contribution < 1.29 is 4.79 Å². The average Bonchev–Trinajstić information content (AvgIpc) is 3.41. The summed E-state index contributed by atoms with van der Waals surface area (Å²) in [5.41, 5.74) is 6.85. The maximum Gasteiger partial charge on any atom is 0.281 e. The first-order chi connectivity index (χ1) is 13.6. The quantitative estimate of drug-likeness (QED) is 0.509. The van der Waals surface area contributed by atoms with Crippen molar-refractivity contribution in [2.45, 2.75) is 39.5 Å². The number of carbonyl (C=O) groups excluding carboxylic acids is 1. The van der Waals surface area contributed by atoms with Crippen LogP contribution in [0.15, 0.2) is 54.2 Å². The molecule has 144 valence electrons. The zero-order valence-corrected chi connectivity index (χ0v) is 17.0. The van der Waals surface area contributed by atoms with Gasteiger partial charge in [0.05, 0.1) is 16.9 Å². The van der Waals surface area contributed by atoms with Gasteiger partial charge in [0, 0.05) is 23.0 Å². The fraction of sp³-hybridized carbons (Fsp3) is 0.318. The van der Waals surface area contributed by atoms with E-state index in [0.717, 1.165) is 40.6 Å². The minimum Gasteiger partial charge on any atom is -0.306 e. The van der Waals surface area contributed by atoms with Crippen LogP contribution in [-0.2, 0) is 12.8 Å². The van der Waals surface area contributed by atoms with E-state index in [2.05, 4.69) is 28.5 Å². The van der Waals surface area contributed by atoms with Gasteiger partial charge in [0.15, 0.2) is 0 Å². The number of benzene rings is 1. The number of rotatable bonds is 5. The Morgan fingerprint density at radius 3 is 2.89 bits per heavy atom. The van der Waals surface area contributed by atoms with Crippen molar-refractivity contribution in [1.82, 2.24) is 15.0 Å². The number of nitrogens with zero attached hydrogens (tertiary/aromatic N) is 3. The Kier molecular flexibility index (Phi) is 5.39. The number of hydrogen-bond donors (Lipinski definition) is 1. The summed E-state index contributed by atoms with van der Waals surface area (Å²) >= 11 is 1.61. The minimum atomic E-state index is -0.123. The predicted molar refractivity (Wildman–Crippen MR) is 113 cm³/mol. The molecule has 0 aliphatic heterocycles. The summed E-state index contributed by atoms with van der Waals surface area (Å²) in [5.74, 6) is 0.630. The molecule has 1 aliphatic carbocycles. The molecule has 5 nitrogen and oxygen atoms in total. The molecule has 4 rings (SSSR count). The van der Waals surface area contributed by atoms with E-state index in [-0.39, 0.29) is 5.91 Å². The van der Waals surface area contributed by atoms with E-state index in [4.69, 9.17) is 0 Å². The fourth-order valence-corrected chi connectivity index (χ4v) is 4.70. The Balaban J connectivity index is 1.42. The van der Waals surface area contributed by atoms with Crippen LogP contribution in [0.25, 0.3) is 5.69 Å². The second-order valence-corrected chi connectivity index (χ2v) is 8.37. The third-order valence-corrected chi connectivity index (χ3v) is 6.63. The lowest BCUT2D eigenvalue weighted by atomic mass is 9.87. The number of hydrazone groups is 1. The van der Waals surface area contributed by atoms with Crippen LogP contribution < -0.4 is 5.43 Å². The lowest BCUT2D eigenvalue weighted by molar-refractivity contribution is 0.0959. The Bertz CT molecular complexity index is 986. The summed E-state index contributed by atoms with van der Waals surface area (Å²) in [6.07, 6.45) is 10.1. The topological polar surface area (TPSA) is 59.3 Å². The zero-order chi connectivity index (χ0) is 19.5. The van der Waals surface area contributed by atoms with E-state index in [0.29, 0.717) is 0 Å². The van der Waals surface area contributed by atoms with Crippen molar-refractivity contribution in [1.29, 1.82) is 0 Å². The van der Waals surface area contributed by atoms with E-state index in [1.807, 2.05) is 42.0 Å². The number of hydrogen-bond acceptors (Lipinski definition) is 4. The maximum atomic E-state index is 12.5. The molecule has 0 fully saturated rings. The fourth-order valence-electron chi connectivity index (χ4n) is 3.60. The molecule has 1 aliphatic rings. The van der Waals surface area contributed by atoms with Crippen LogP contribution in [0.3, 0.4) is 0 Å². The second kappa shape index (κ2) is 8.10. The molecule has 2 aromatic heterocycles. The Hall–Kier alpha value is -2.73. The molecule has 28 heavy (non-hydrogen) atoms. The molecule has 6 heteroatoms. The van der Waals surface area contributed by atoms with Gasteiger partial charge >= 0.3 is 0 Å². The Morgan fingerprint density at radius 2 is 2.18 bits per heavy atom. The van der Waals surface area contributed by atoms with Crippen molar-refractivity contribution in [2.24, 2.45) is 11.0 Å². The van der Waals surface area contributed by atoms with Crippen LogP contribution in [-0.4, -0.2) is 21.2 Å². The third kappa shape index (κ3) is 3.92. The molecule has 1 atom stereocenters. The Morgan fingerprint density at radius 1 is 1.36 bits per heavy atom. The number of amides is 1. The molecule has 3 aromatic rings. The number of aryl methyl sites for hydroxylation is 1. The van der Waals surface area contributed by atoms with Gasteiger partial charge in [-0.3, -0.25) is 4.79 Å². The van der Waals surface area contributed by atoms with Crippen LogP contribution in [0.5, 0.6) is 0 Å². The molecule has 0 saturated carbocycles. The normalized spacial score (nSPS) is 16.6. The number of thiophene rings is 1. The number of aromatic nitrogens is 2. The molecule has 0 bridgehead atoms. The summed E-state index contributed by atoms with van der Waals surface area (Å²) < 4.78 is 1.94. The molecular weight excluding hydrogens is 368 g/mol. The van der Waals surface area contributed by atoms with Gasteiger partial charge in [-0.1, -0.05) is 25.5 Å². The van der Waals surface area contributed by atoms with Crippen LogP contribution in [0.1, 0.15) is 52.4 Å². The predicted octanol–water partition coefficient (Wildman–Crippen LogP) is 4.60. The van der Waals surface area contributed by atoms with Gasteiger partial charge in [0.2, 0.25) is 0 Å². The highest BCUT2D eigenvalue weighted by Crippen LogP contribution is 2.33. The Labute approximate surface area is 169 Å². The molecule has 1 aromatic carbocycles. The van der Waals surface area contributed by atoms with Crippen molar-refractivity contribution in [2.75, 3.05) is 0 Å². The first-order valence-electron chi connectivity index (χ1n) is 9.69. The number of fused-ring (bicyclic) bond motifs is 1. The summed E-state index contributed by atoms with van der Waals surface area (Å²) in [7, 11) is 0.